The number of benzene rings is 1. The van der Waals surface area contributed by atoms with E-state index < -0.39 is 0 Å². The summed E-state index contributed by atoms with van der Waals surface area (Å²) in [5.74, 6) is 0.745. The molecule has 1 aromatic carbocycles. The lowest BCUT2D eigenvalue weighted by Gasteiger charge is -2.32. The smallest absolute Gasteiger partial charge is 0.227 e. The highest BCUT2D eigenvalue weighted by atomic mass is 35.5. The van der Waals surface area contributed by atoms with Gasteiger partial charge in [0.2, 0.25) is 5.91 Å². The van der Waals surface area contributed by atoms with Crippen LogP contribution in [0.1, 0.15) is 56.0 Å². The molecule has 1 aliphatic carbocycles. The van der Waals surface area contributed by atoms with Crippen LogP contribution in [-0.4, -0.2) is 13.0 Å². The van der Waals surface area contributed by atoms with Crippen molar-refractivity contribution in [1.82, 2.24) is 0 Å². The number of alkyl halides is 1. The van der Waals surface area contributed by atoms with Crippen molar-refractivity contribution >= 4 is 23.2 Å². The van der Waals surface area contributed by atoms with E-state index in [1.807, 2.05) is 7.05 Å². The lowest BCUT2D eigenvalue weighted by atomic mass is 9.78. The van der Waals surface area contributed by atoms with Gasteiger partial charge in [-0.15, -0.1) is 11.6 Å². The standard InChI is InChI=1S/C18H24ClNO/c1-18(2)10-4-5-14(18)17(19)13-6-8-15-12(11-13)7-9-16(21)20(15)3/h6,8,11,14,17H,4-5,7,9-10H2,1-3H3. The monoisotopic (exact) mass is 305 g/mol. The molecule has 1 aliphatic heterocycles. The van der Waals surface area contributed by atoms with Crippen LogP contribution in [0.5, 0.6) is 0 Å². The number of hydrogen-bond acceptors (Lipinski definition) is 1. The highest BCUT2D eigenvalue weighted by Gasteiger charge is 2.39. The third kappa shape index (κ3) is 2.59. The van der Waals surface area contributed by atoms with Crippen LogP contribution in [0.4, 0.5) is 5.69 Å². The Hall–Kier alpha value is -1.02. The molecule has 1 saturated carbocycles. The second-order valence-corrected chi connectivity index (χ2v) is 7.70. The number of carbonyl (C=O) groups is 1. The van der Waals surface area contributed by atoms with Crippen LogP contribution >= 0.6 is 11.6 Å². The number of amides is 1. The third-order valence-corrected chi connectivity index (χ3v) is 6.02. The van der Waals surface area contributed by atoms with Gasteiger partial charge in [0.05, 0.1) is 5.38 Å². The molecular weight excluding hydrogens is 282 g/mol. The molecule has 3 rings (SSSR count). The number of anilines is 1. The van der Waals surface area contributed by atoms with E-state index in [0.717, 1.165) is 12.1 Å². The molecule has 0 aromatic heterocycles. The summed E-state index contributed by atoms with van der Waals surface area (Å²) >= 11 is 6.82. The molecule has 114 valence electrons. The number of carbonyl (C=O) groups excluding carboxylic acids is 1. The highest BCUT2D eigenvalue weighted by molar-refractivity contribution is 6.21. The molecule has 2 atom stereocenters. The minimum atomic E-state index is 0.0794. The molecule has 0 bridgehead atoms. The fraction of sp³-hybridized carbons (Fsp3) is 0.611. The summed E-state index contributed by atoms with van der Waals surface area (Å²) in [4.78, 5) is 13.5. The van der Waals surface area contributed by atoms with Gasteiger partial charge in [-0.1, -0.05) is 32.4 Å². The number of nitrogens with zero attached hydrogens (tertiary/aromatic N) is 1. The Morgan fingerprint density at radius 2 is 2.10 bits per heavy atom. The second kappa shape index (κ2) is 5.31. The number of halogens is 1. The molecule has 1 aromatic rings. The molecule has 2 nitrogen and oxygen atoms in total. The van der Waals surface area contributed by atoms with Gasteiger partial charge in [0, 0.05) is 19.2 Å². The minimum absolute atomic E-state index is 0.0794. The third-order valence-electron chi connectivity index (χ3n) is 5.46. The maximum atomic E-state index is 11.8. The van der Waals surface area contributed by atoms with Gasteiger partial charge < -0.3 is 4.90 Å². The van der Waals surface area contributed by atoms with Gasteiger partial charge in [0.15, 0.2) is 0 Å². The molecule has 3 heteroatoms. The van der Waals surface area contributed by atoms with Crippen LogP contribution in [0.2, 0.25) is 0 Å². The van der Waals surface area contributed by atoms with Gasteiger partial charge in [-0.25, -0.2) is 0 Å². The zero-order chi connectivity index (χ0) is 15.2. The molecule has 1 amide bonds. The summed E-state index contributed by atoms with van der Waals surface area (Å²) in [6.45, 7) is 4.68. The fourth-order valence-electron chi connectivity index (χ4n) is 3.98. The summed E-state index contributed by atoms with van der Waals surface area (Å²) in [6.07, 6.45) is 5.21. The van der Waals surface area contributed by atoms with Crippen molar-refractivity contribution in [3.05, 3.63) is 29.3 Å². The molecule has 0 saturated heterocycles. The van der Waals surface area contributed by atoms with Crippen LogP contribution in [0, 0.1) is 11.3 Å². The molecule has 0 N–H and O–H groups in total. The first-order valence-electron chi connectivity index (χ1n) is 7.93. The second-order valence-electron chi connectivity index (χ2n) is 7.23. The molecular formula is C18H24ClNO. The van der Waals surface area contributed by atoms with Crippen molar-refractivity contribution in [2.24, 2.45) is 11.3 Å². The van der Waals surface area contributed by atoms with Gasteiger partial charge >= 0.3 is 0 Å². The molecule has 0 radical (unpaired) electrons. The summed E-state index contributed by atoms with van der Waals surface area (Å²) in [7, 11) is 1.86. The first-order valence-corrected chi connectivity index (χ1v) is 8.37. The predicted molar refractivity (Wildman–Crippen MR) is 87.9 cm³/mol. The lowest BCUT2D eigenvalue weighted by Crippen LogP contribution is -2.31. The molecule has 0 spiro atoms. The average Bonchev–Trinajstić information content (AvgIpc) is 2.81. The maximum Gasteiger partial charge on any atom is 0.227 e. The van der Waals surface area contributed by atoms with Gasteiger partial charge in [-0.2, -0.15) is 0 Å². The number of hydrogen-bond donors (Lipinski definition) is 0. The number of aryl methyl sites for hydroxylation is 1. The maximum absolute atomic E-state index is 11.8. The number of rotatable bonds is 2. The van der Waals surface area contributed by atoms with Crippen LogP contribution in [0.15, 0.2) is 18.2 Å². The first kappa shape index (κ1) is 14.9. The molecule has 2 aliphatic rings. The summed E-state index contributed by atoms with van der Waals surface area (Å²) < 4.78 is 0. The van der Waals surface area contributed by atoms with Crippen LogP contribution in [-0.2, 0) is 11.2 Å². The Morgan fingerprint density at radius 1 is 1.33 bits per heavy atom. The van der Waals surface area contributed by atoms with Crippen molar-refractivity contribution in [3.63, 3.8) is 0 Å². The van der Waals surface area contributed by atoms with Gasteiger partial charge in [0.1, 0.15) is 0 Å². The fourth-order valence-corrected chi connectivity index (χ4v) is 4.58. The number of fused-ring (bicyclic) bond motifs is 1. The van der Waals surface area contributed by atoms with Gasteiger partial charge in [0.25, 0.3) is 0 Å². The SMILES string of the molecule is CN1C(=O)CCc2cc(C(Cl)C3CCCC3(C)C)ccc21. The lowest BCUT2D eigenvalue weighted by molar-refractivity contribution is -0.118. The van der Waals surface area contributed by atoms with E-state index in [4.69, 9.17) is 11.6 Å². The van der Waals surface area contributed by atoms with E-state index in [1.54, 1.807) is 4.90 Å². The summed E-state index contributed by atoms with van der Waals surface area (Å²) in [5, 5.41) is 0.0794. The van der Waals surface area contributed by atoms with Crippen LogP contribution < -0.4 is 4.90 Å². The van der Waals surface area contributed by atoms with Crippen LogP contribution in [0.3, 0.4) is 0 Å². The van der Waals surface area contributed by atoms with Gasteiger partial charge in [-0.3, -0.25) is 4.79 Å². The first-order chi connectivity index (χ1) is 9.90. The van der Waals surface area contributed by atoms with Crippen LogP contribution in [0.25, 0.3) is 0 Å². The van der Waals surface area contributed by atoms with E-state index in [9.17, 15) is 4.79 Å². The Morgan fingerprint density at radius 3 is 2.76 bits per heavy atom. The Labute approximate surface area is 132 Å². The van der Waals surface area contributed by atoms with E-state index in [-0.39, 0.29) is 11.3 Å². The summed E-state index contributed by atoms with van der Waals surface area (Å²) in [5.41, 5.74) is 3.86. The van der Waals surface area contributed by atoms with Crippen molar-refractivity contribution < 1.29 is 4.79 Å². The predicted octanol–water partition coefficient (Wildman–Crippen LogP) is 4.70. The topological polar surface area (TPSA) is 20.3 Å². The Balaban J connectivity index is 1.89. The molecule has 1 heterocycles. The molecule has 21 heavy (non-hydrogen) atoms. The van der Waals surface area contributed by atoms with Crippen molar-refractivity contribution in [2.45, 2.75) is 51.3 Å². The van der Waals surface area contributed by atoms with E-state index in [2.05, 4.69) is 32.0 Å². The highest BCUT2D eigenvalue weighted by Crippen LogP contribution is 2.51. The average molecular weight is 306 g/mol. The zero-order valence-corrected chi connectivity index (χ0v) is 13.9. The summed E-state index contributed by atoms with van der Waals surface area (Å²) in [6, 6.07) is 6.41. The normalized spacial score (nSPS) is 25.8. The quantitative estimate of drug-likeness (QED) is 0.725. The van der Waals surface area contributed by atoms with E-state index >= 15 is 0 Å². The van der Waals surface area contributed by atoms with E-state index in [0.29, 0.717) is 17.8 Å². The van der Waals surface area contributed by atoms with Crippen molar-refractivity contribution in [3.8, 4) is 0 Å². The van der Waals surface area contributed by atoms with Crippen molar-refractivity contribution in [2.75, 3.05) is 11.9 Å². The van der Waals surface area contributed by atoms with Gasteiger partial charge in [-0.05, 0) is 47.8 Å². The van der Waals surface area contributed by atoms with Crippen molar-refractivity contribution in [1.29, 1.82) is 0 Å². The minimum Gasteiger partial charge on any atom is -0.315 e. The molecule has 2 unspecified atom stereocenters. The Kier molecular flexibility index (Phi) is 3.77. The largest absolute Gasteiger partial charge is 0.315 e. The Bertz CT molecular complexity index is 566. The molecule has 1 fully saturated rings. The zero-order valence-electron chi connectivity index (χ0n) is 13.2. The van der Waals surface area contributed by atoms with E-state index in [1.165, 1.54) is 30.4 Å².